The molecule has 0 aliphatic heterocycles. The summed E-state index contributed by atoms with van der Waals surface area (Å²) in [6.45, 7) is 2.19. The highest BCUT2D eigenvalue weighted by molar-refractivity contribution is 4.91. The maximum absolute atomic E-state index is 8.78. The van der Waals surface area contributed by atoms with E-state index in [-0.39, 0.29) is 0 Å². The van der Waals surface area contributed by atoms with Crippen molar-refractivity contribution in [2.75, 3.05) is 19.6 Å². The largest absolute Gasteiger partial charge is 0.311 e. The van der Waals surface area contributed by atoms with Gasteiger partial charge in [-0.25, -0.2) is 0 Å². The van der Waals surface area contributed by atoms with Crippen molar-refractivity contribution in [3.8, 4) is 18.2 Å². The lowest BCUT2D eigenvalue weighted by atomic mass is 9.88. The van der Waals surface area contributed by atoms with Gasteiger partial charge in [-0.1, -0.05) is 12.8 Å². The van der Waals surface area contributed by atoms with Crippen LogP contribution in [0.4, 0.5) is 0 Å². The van der Waals surface area contributed by atoms with Crippen molar-refractivity contribution in [2.45, 2.75) is 57.0 Å². The Kier molecular flexibility index (Phi) is 8.40. The number of hydrogen-bond acceptors (Lipinski definition) is 5. The molecule has 0 spiro atoms. The highest BCUT2D eigenvalue weighted by Gasteiger charge is 2.29. The van der Waals surface area contributed by atoms with Crippen molar-refractivity contribution in [1.82, 2.24) is 10.2 Å². The molecule has 1 rings (SSSR count). The number of hydrogen-bond donors (Lipinski definition) is 1. The van der Waals surface area contributed by atoms with Gasteiger partial charge in [0.1, 0.15) is 0 Å². The van der Waals surface area contributed by atoms with Crippen LogP contribution in [0.1, 0.15) is 44.9 Å². The fraction of sp³-hybridized carbons (Fsp3) is 0.800. The van der Waals surface area contributed by atoms with E-state index in [0.717, 1.165) is 32.5 Å². The van der Waals surface area contributed by atoms with Crippen LogP contribution in [0.25, 0.3) is 0 Å². The van der Waals surface area contributed by atoms with Gasteiger partial charge in [0.25, 0.3) is 0 Å². The van der Waals surface area contributed by atoms with E-state index in [1.165, 1.54) is 12.8 Å². The van der Waals surface area contributed by atoms with E-state index >= 15 is 0 Å². The zero-order chi connectivity index (χ0) is 14.6. The van der Waals surface area contributed by atoms with Crippen LogP contribution in [-0.2, 0) is 0 Å². The van der Waals surface area contributed by atoms with Crippen LogP contribution in [-0.4, -0.2) is 36.6 Å². The number of nitrogens with zero attached hydrogens (tertiary/aromatic N) is 4. The van der Waals surface area contributed by atoms with E-state index in [2.05, 4.69) is 28.4 Å². The van der Waals surface area contributed by atoms with Crippen LogP contribution in [0, 0.1) is 34.0 Å². The van der Waals surface area contributed by atoms with Crippen LogP contribution >= 0.6 is 0 Å². The summed E-state index contributed by atoms with van der Waals surface area (Å²) >= 11 is 0. The molecule has 0 aromatic heterocycles. The normalized spacial score (nSPS) is 21.9. The quantitative estimate of drug-likeness (QED) is 0.683. The molecule has 2 unspecified atom stereocenters. The summed E-state index contributed by atoms with van der Waals surface area (Å²) in [6.07, 6.45) is 6.19. The second-order valence-corrected chi connectivity index (χ2v) is 5.17. The second kappa shape index (κ2) is 10.2. The van der Waals surface area contributed by atoms with Crippen LogP contribution < -0.4 is 5.32 Å². The Morgan fingerprint density at radius 3 is 2.10 bits per heavy atom. The standard InChI is InChI=1S/C15H23N5/c16-8-3-11-19-14-6-1-2-7-15(14)20(12-4-9-17)13-5-10-18/h14-15,19H,1-7,11-13H2. The fourth-order valence-corrected chi connectivity index (χ4v) is 2.93. The molecular weight excluding hydrogens is 250 g/mol. The van der Waals surface area contributed by atoms with Gasteiger partial charge in [-0.05, 0) is 12.8 Å². The molecule has 5 nitrogen and oxygen atoms in total. The lowest BCUT2D eigenvalue weighted by molar-refractivity contribution is 0.126. The van der Waals surface area contributed by atoms with Crippen molar-refractivity contribution >= 4 is 0 Å². The van der Waals surface area contributed by atoms with E-state index in [0.29, 0.717) is 31.3 Å². The van der Waals surface area contributed by atoms with Gasteiger partial charge >= 0.3 is 0 Å². The molecule has 1 aliphatic rings. The molecule has 1 aliphatic carbocycles. The first-order valence-electron chi connectivity index (χ1n) is 7.41. The summed E-state index contributed by atoms with van der Waals surface area (Å²) in [5.41, 5.74) is 0. The van der Waals surface area contributed by atoms with Crippen LogP contribution in [0.15, 0.2) is 0 Å². The van der Waals surface area contributed by atoms with Crippen molar-refractivity contribution < 1.29 is 0 Å². The number of nitrogens with one attached hydrogen (secondary N) is 1. The lowest BCUT2D eigenvalue weighted by Gasteiger charge is -2.40. The monoisotopic (exact) mass is 273 g/mol. The van der Waals surface area contributed by atoms with Gasteiger partial charge in [0.05, 0.1) is 18.2 Å². The Morgan fingerprint density at radius 2 is 1.50 bits per heavy atom. The summed E-state index contributed by atoms with van der Waals surface area (Å²) in [4.78, 5) is 2.29. The molecule has 1 N–H and O–H groups in total. The van der Waals surface area contributed by atoms with Crippen LogP contribution in [0.3, 0.4) is 0 Å². The fourth-order valence-electron chi connectivity index (χ4n) is 2.93. The number of rotatable bonds is 8. The molecule has 108 valence electrons. The Morgan fingerprint density at radius 1 is 0.900 bits per heavy atom. The first kappa shape index (κ1) is 16.4. The molecule has 0 aromatic carbocycles. The highest BCUT2D eigenvalue weighted by Crippen LogP contribution is 2.23. The maximum Gasteiger partial charge on any atom is 0.0635 e. The minimum absolute atomic E-state index is 0.384. The van der Waals surface area contributed by atoms with E-state index in [4.69, 9.17) is 15.8 Å². The summed E-state index contributed by atoms with van der Waals surface area (Å²) in [6, 6.07) is 7.32. The second-order valence-electron chi connectivity index (χ2n) is 5.17. The highest BCUT2D eigenvalue weighted by atomic mass is 15.2. The first-order valence-corrected chi connectivity index (χ1v) is 7.41. The molecule has 5 heteroatoms. The molecule has 0 heterocycles. The van der Waals surface area contributed by atoms with Crippen molar-refractivity contribution in [2.24, 2.45) is 0 Å². The molecule has 1 fully saturated rings. The Balaban J connectivity index is 2.60. The zero-order valence-corrected chi connectivity index (χ0v) is 12.0. The van der Waals surface area contributed by atoms with Gasteiger partial charge in [0, 0.05) is 51.0 Å². The summed E-state index contributed by atoms with van der Waals surface area (Å²) in [5, 5.41) is 29.7. The Bertz CT molecular complexity index is 369. The molecule has 0 bridgehead atoms. The zero-order valence-electron chi connectivity index (χ0n) is 12.0. The molecule has 2 atom stereocenters. The minimum atomic E-state index is 0.384. The third kappa shape index (κ3) is 5.57. The summed E-state index contributed by atoms with van der Waals surface area (Å²) < 4.78 is 0. The lowest BCUT2D eigenvalue weighted by Crippen LogP contribution is -2.52. The smallest absolute Gasteiger partial charge is 0.0635 e. The predicted octanol–water partition coefficient (Wildman–Crippen LogP) is 1.93. The Hall–Kier alpha value is -1.61. The van der Waals surface area contributed by atoms with Crippen molar-refractivity contribution in [3.05, 3.63) is 0 Å². The van der Waals surface area contributed by atoms with Gasteiger partial charge < -0.3 is 5.32 Å². The minimum Gasteiger partial charge on any atom is -0.311 e. The van der Waals surface area contributed by atoms with Crippen LogP contribution in [0.5, 0.6) is 0 Å². The van der Waals surface area contributed by atoms with E-state index in [1.54, 1.807) is 0 Å². The van der Waals surface area contributed by atoms with Gasteiger partial charge in [0.15, 0.2) is 0 Å². The topological polar surface area (TPSA) is 86.6 Å². The van der Waals surface area contributed by atoms with Crippen molar-refractivity contribution in [3.63, 3.8) is 0 Å². The van der Waals surface area contributed by atoms with Gasteiger partial charge in [-0.2, -0.15) is 15.8 Å². The third-order valence-electron chi connectivity index (χ3n) is 3.86. The predicted molar refractivity (Wildman–Crippen MR) is 76.3 cm³/mol. The SMILES string of the molecule is N#CCCNC1CCCCC1N(CCC#N)CCC#N. The number of nitriles is 3. The molecule has 0 radical (unpaired) electrons. The first-order chi connectivity index (χ1) is 9.83. The molecule has 0 aromatic rings. The molecule has 0 saturated heterocycles. The van der Waals surface area contributed by atoms with E-state index < -0.39 is 0 Å². The molecule has 1 saturated carbocycles. The van der Waals surface area contributed by atoms with Crippen LogP contribution in [0.2, 0.25) is 0 Å². The summed E-state index contributed by atoms with van der Waals surface area (Å²) in [7, 11) is 0. The Labute approximate surface area is 121 Å². The van der Waals surface area contributed by atoms with E-state index in [1.807, 2.05) is 0 Å². The van der Waals surface area contributed by atoms with Gasteiger partial charge in [0.2, 0.25) is 0 Å². The van der Waals surface area contributed by atoms with E-state index in [9.17, 15) is 0 Å². The maximum atomic E-state index is 8.78. The molecular formula is C15H23N5. The molecule has 20 heavy (non-hydrogen) atoms. The summed E-state index contributed by atoms with van der Waals surface area (Å²) in [5.74, 6) is 0. The van der Waals surface area contributed by atoms with Gasteiger partial charge in [-0.3, -0.25) is 4.90 Å². The average molecular weight is 273 g/mol. The molecule has 0 amide bonds. The average Bonchev–Trinajstić information content (AvgIpc) is 2.48. The third-order valence-corrected chi connectivity index (χ3v) is 3.86. The van der Waals surface area contributed by atoms with Crippen molar-refractivity contribution in [1.29, 1.82) is 15.8 Å². The van der Waals surface area contributed by atoms with Gasteiger partial charge in [-0.15, -0.1) is 0 Å².